The largest absolute Gasteiger partial charge is 0.407 e. The minimum Gasteiger partial charge on any atom is -0.407 e. The van der Waals surface area contributed by atoms with Crippen LogP contribution in [0.3, 0.4) is 0 Å². The minimum atomic E-state index is -3.75. The molecule has 0 spiro atoms. The van der Waals surface area contributed by atoms with Crippen LogP contribution in [0.5, 0.6) is 0 Å². The second-order valence-corrected chi connectivity index (χ2v) is 13.9. The van der Waals surface area contributed by atoms with Crippen molar-refractivity contribution in [1.29, 1.82) is 0 Å². The molecule has 8 heteroatoms. The Hall–Kier alpha value is -0.833. The normalized spacial score (nSPS) is 16.4. The average molecular weight is 346 g/mol. The van der Waals surface area contributed by atoms with Crippen LogP contribution in [0.2, 0.25) is 18.1 Å². The molecule has 0 saturated heterocycles. The first-order valence-corrected chi connectivity index (χ1v) is 11.8. The van der Waals surface area contributed by atoms with Crippen molar-refractivity contribution < 1.29 is 12.8 Å². The molecule has 1 rings (SSSR count). The molecule has 0 fully saturated rings. The number of sulfonamides is 1. The van der Waals surface area contributed by atoms with Crippen molar-refractivity contribution in [2.45, 2.75) is 64.1 Å². The summed E-state index contributed by atoms with van der Waals surface area (Å²) in [5.74, 6) is 0. The van der Waals surface area contributed by atoms with Gasteiger partial charge in [0, 0.05) is 0 Å². The number of hydrogen-bond acceptors (Lipinski definition) is 5. The Labute approximate surface area is 134 Å². The Morgan fingerprint density at radius 1 is 1.23 bits per heavy atom. The van der Waals surface area contributed by atoms with Crippen LogP contribution in [-0.4, -0.2) is 32.2 Å². The number of aryl methyl sites for hydroxylation is 1. The van der Waals surface area contributed by atoms with E-state index in [1.54, 1.807) is 19.1 Å². The summed E-state index contributed by atoms with van der Waals surface area (Å²) in [7, 11) is -5.94. The van der Waals surface area contributed by atoms with Gasteiger partial charge in [-0.25, -0.2) is 13.6 Å². The van der Waals surface area contributed by atoms with E-state index in [2.05, 4.69) is 44.1 Å². The molecule has 126 valence electrons. The van der Waals surface area contributed by atoms with Crippen LogP contribution in [0.4, 0.5) is 0 Å². The summed E-state index contributed by atoms with van der Waals surface area (Å²) in [5, 5.41) is 12.5. The van der Waals surface area contributed by atoms with Crippen LogP contribution in [0.1, 0.15) is 45.2 Å². The highest BCUT2D eigenvalue weighted by molar-refractivity contribution is 7.89. The first-order valence-electron chi connectivity index (χ1n) is 7.25. The maximum Gasteiger partial charge on any atom is 0.214 e. The average Bonchev–Trinajstić information content (AvgIpc) is 2.34. The summed E-state index contributed by atoms with van der Waals surface area (Å²) >= 11 is 0. The molecule has 1 aromatic rings. The third-order valence-corrected chi connectivity index (χ3v) is 10.0. The number of hydrogen-bond donors (Lipinski definition) is 1. The molecule has 6 nitrogen and oxygen atoms in total. The lowest BCUT2D eigenvalue weighted by Gasteiger charge is -2.40. The van der Waals surface area contributed by atoms with Crippen LogP contribution in [0.15, 0.2) is 12.1 Å². The van der Waals surface area contributed by atoms with Crippen LogP contribution >= 0.6 is 0 Å². The van der Waals surface area contributed by atoms with E-state index in [0.29, 0.717) is 5.69 Å². The monoisotopic (exact) mass is 345 g/mol. The van der Waals surface area contributed by atoms with E-state index in [0.717, 1.165) is 5.69 Å². The van der Waals surface area contributed by atoms with Crippen LogP contribution in [0, 0.1) is 6.92 Å². The Morgan fingerprint density at radius 2 is 1.77 bits per heavy atom. The molecule has 2 atom stereocenters. The quantitative estimate of drug-likeness (QED) is 0.827. The molecule has 2 N–H and O–H groups in total. The van der Waals surface area contributed by atoms with Crippen LogP contribution < -0.4 is 5.14 Å². The lowest BCUT2D eigenvalue weighted by atomic mass is 10.2. The van der Waals surface area contributed by atoms with Crippen LogP contribution in [-0.2, 0) is 14.4 Å². The Morgan fingerprint density at radius 3 is 2.14 bits per heavy atom. The van der Waals surface area contributed by atoms with Gasteiger partial charge in [0.25, 0.3) is 0 Å². The number of aromatic nitrogens is 2. The first-order chi connectivity index (χ1) is 9.75. The zero-order valence-corrected chi connectivity index (χ0v) is 16.2. The molecule has 0 aliphatic heterocycles. The summed E-state index contributed by atoms with van der Waals surface area (Å²) in [6, 6.07) is 3.54. The van der Waals surface area contributed by atoms with E-state index in [1.165, 1.54) is 0 Å². The van der Waals surface area contributed by atoms with E-state index >= 15 is 0 Å². The lowest BCUT2D eigenvalue weighted by molar-refractivity contribution is 0.176. The molecule has 0 amide bonds. The minimum absolute atomic E-state index is 0.0541. The molecular weight excluding hydrogens is 318 g/mol. The molecule has 0 aromatic carbocycles. The van der Waals surface area contributed by atoms with Crippen molar-refractivity contribution in [2.75, 3.05) is 0 Å². The zero-order valence-electron chi connectivity index (χ0n) is 14.4. The van der Waals surface area contributed by atoms with Crippen molar-refractivity contribution in [3.05, 3.63) is 23.5 Å². The summed E-state index contributed by atoms with van der Waals surface area (Å²) in [5.41, 5.74) is 1.26. The van der Waals surface area contributed by atoms with E-state index in [4.69, 9.17) is 9.56 Å². The standard InChI is InChI=1S/C14H27N3O3SSi/c1-10-8-9-12(17-16-10)13(11(2)21(15,18)19)20-22(6,7)14(3,4)5/h8-9,11,13H,1-7H3,(H2,15,18,19)/t11-,13+/m0/s1. The summed E-state index contributed by atoms with van der Waals surface area (Å²) in [4.78, 5) is 0. The molecule has 1 aromatic heterocycles. The van der Waals surface area contributed by atoms with E-state index in [9.17, 15) is 8.42 Å². The van der Waals surface area contributed by atoms with Gasteiger partial charge >= 0.3 is 0 Å². The molecule has 0 aliphatic carbocycles. The number of nitrogens with two attached hydrogens (primary N) is 1. The van der Waals surface area contributed by atoms with Gasteiger partial charge in [-0.15, -0.1) is 0 Å². The van der Waals surface area contributed by atoms with Gasteiger partial charge in [-0.05, 0) is 44.1 Å². The summed E-state index contributed by atoms with van der Waals surface area (Å²) in [6.45, 7) is 13.8. The molecule has 1 heterocycles. The highest BCUT2D eigenvalue weighted by Gasteiger charge is 2.42. The van der Waals surface area contributed by atoms with Crippen molar-refractivity contribution in [2.24, 2.45) is 5.14 Å². The molecular formula is C14H27N3O3SSi. The van der Waals surface area contributed by atoms with Gasteiger partial charge < -0.3 is 4.43 Å². The maximum atomic E-state index is 11.8. The highest BCUT2D eigenvalue weighted by atomic mass is 32.2. The highest BCUT2D eigenvalue weighted by Crippen LogP contribution is 2.40. The predicted octanol–water partition coefficient (Wildman–Crippen LogP) is 2.52. The van der Waals surface area contributed by atoms with Gasteiger partial charge in [0.1, 0.15) is 11.4 Å². The van der Waals surface area contributed by atoms with Gasteiger partial charge in [0.05, 0.1) is 11.4 Å². The molecule has 0 aliphatic rings. The van der Waals surface area contributed by atoms with Crippen molar-refractivity contribution >= 4 is 18.3 Å². The first kappa shape index (κ1) is 19.2. The second-order valence-electron chi connectivity index (χ2n) is 7.19. The predicted molar refractivity (Wildman–Crippen MR) is 90.4 cm³/mol. The molecule has 0 unspecified atom stereocenters. The second kappa shape index (κ2) is 6.35. The molecule has 22 heavy (non-hydrogen) atoms. The Balaban J connectivity index is 3.27. The van der Waals surface area contributed by atoms with E-state index in [-0.39, 0.29) is 5.04 Å². The van der Waals surface area contributed by atoms with Gasteiger partial charge in [-0.1, -0.05) is 20.8 Å². The molecule has 0 saturated carbocycles. The Kier molecular flexibility index (Phi) is 5.54. The third kappa shape index (κ3) is 4.58. The van der Waals surface area contributed by atoms with Crippen molar-refractivity contribution in [3.8, 4) is 0 Å². The third-order valence-electron chi connectivity index (χ3n) is 4.28. The molecule has 0 radical (unpaired) electrons. The van der Waals surface area contributed by atoms with Gasteiger partial charge in [-0.2, -0.15) is 10.2 Å². The SMILES string of the molecule is Cc1ccc([C@H](O[Si](C)(C)C(C)(C)C)[C@H](C)S(N)(=O)=O)nn1. The number of primary sulfonamides is 1. The smallest absolute Gasteiger partial charge is 0.214 e. The maximum absolute atomic E-state index is 11.8. The lowest BCUT2D eigenvalue weighted by Crippen LogP contribution is -2.45. The van der Waals surface area contributed by atoms with Crippen molar-refractivity contribution in [1.82, 2.24) is 10.2 Å². The molecule has 0 bridgehead atoms. The van der Waals surface area contributed by atoms with Gasteiger partial charge in [-0.3, -0.25) is 0 Å². The van der Waals surface area contributed by atoms with E-state index in [1.807, 2.05) is 6.92 Å². The van der Waals surface area contributed by atoms with E-state index < -0.39 is 29.7 Å². The fraction of sp³-hybridized carbons (Fsp3) is 0.714. The fourth-order valence-electron chi connectivity index (χ4n) is 1.62. The Bertz CT molecular complexity index is 609. The zero-order chi connectivity index (χ0) is 17.3. The number of rotatable bonds is 5. The van der Waals surface area contributed by atoms with Gasteiger partial charge in [0.2, 0.25) is 10.0 Å². The fourth-order valence-corrected chi connectivity index (χ4v) is 3.58. The summed E-state index contributed by atoms with van der Waals surface area (Å²) < 4.78 is 29.9. The number of nitrogens with zero attached hydrogens (tertiary/aromatic N) is 2. The van der Waals surface area contributed by atoms with Crippen molar-refractivity contribution in [3.63, 3.8) is 0 Å². The van der Waals surface area contributed by atoms with Crippen LogP contribution in [0.25, 0.3) is 0 Å². The summed E-state index contributed by atoms with van der Waals surface area (Å²) in [6.07, 6.45) is -0.719. The van der Waals surface area contributed by atoms with Gasteiger partial charge in [0.15, 0.2) is 8.32 Å². The topological polar surface area (TPSA) is 95.2 Å².